The standard InChI is InChI=1S/C13H23N3O4/c1-8(5-12(18)19)9-3-2-4-16(7-9)13(20)10(14)6-11(15)17/h8-10H,2-7,14H2,1H3,(H2,15,17)(H,18,19). The van der Waals surface area contributed by atoms with Gasteiger partial charge < -0.3 is 21.5 Å². The Morgan fingerprint density at radius 2 is 2.00 bits per heavy atom. The number of rotatable bonds is 6. The summed E-state index contributed by atoms with van der Waals surface area (Å²) in [4.78, 5) is 35.3. The molecule has 7 nitrogen and oxygen atoms in total. The average Bonchev–Trinajstić information content (AvgIpc) is 2.36. The Morgan fingerprint density at radius 1 is 1.35 bits per heavy atom. The highest BCUT2D eigenvalue weighted by molar-refractivity contribution is 5.87. The smallest absolute Gasteiger partial charge is 0.303 e. The number of nitrogens with zero attached hydrogens (tertiary/aromatic N) is 1. The van der Waals surface area contributed by atoms with Crippen molar-refractivity contribution in [3.05, 3.63) is 0 Å². The second kappa shape index (κ2) is 7.23. The van der Waals surface area contributed by atoms with Crippen LogP contribution < -0.4 is 11.5 Å². The molecule has 1 aliphatic rings. The quantitative estimate of drug-likeness (QED) is 0.608. The minimum atomic E-state index is -0.902. The zero-order valence-electron chi connectivity index (χ0n) is 11.7. The third-order valence-corrected chi connectivity index (χ3v) is 3.81. The van der Waals surface area contributed by atoms with E-state index < -0.39 is 17.9 Å². The minimum absolute atomic E-state index is 0.00969. The molecule has 0 aromatic heterocycles. The van der Waals surface area contributed by atoms with Crippen LogP contribution in [-0.4, -0.2) is 46.9 Å². The van der Waals surface area contributed by atoms with E-state index in [0.717, 1.165) is 12.8 Å². The summed E-state index contributed by atoms with van der Waals surface area (Å²) >= 11 is 0. The summed E-state index contributed by atoms with van der Waals surface area (Å²) in [5, 5.41) is 8.83. The molecule has 3 atom stereocenters. The van der Waals surface area contributed by atoms with Gasteiger partial charge in [0.25, 0.3) is 0 Å². The lowest BCUT2D eigenvalue weighted by atomic mass is 9.84. The van der Waals surface area contributed by atoms with Crippen molar-refractivity contribution < 1.29 is 19.5 Å². The Morgan fingerprint density at radius 3 is 2.55 bits per heavy atom. The van der Waals surface area contributed by atoms with Gasteiger partial charge in [-0.3, -0.25) is 14.4 Å². The second-order valence-electron chi connectivity index (χ2n) is 5.54. The molecule has 20 heavy (non-hydrogen) atoms. The summed E-state index contributed by atoms with van der Waals surface area (Å²) in [6.45, 7) is 2.98. The lowest BCUT2D eigenvalue weighted by Gasteiger charge is -2.36. The van der Waals surface area contributed by atoms with Gasteiger partial charge in [0.05, 0.1) is 12.5 Å². The summed E-state index contributed by atoms with van der Waals surface area (Å²) < 4.78 is 0. The number of hydrogen-bond acceptors (Lipinski definition) is 4. The van der Waals surface area contributed by atoms with E-state index in [0.29, 0.717) is 13.1 Å². The molecule has 5 N–H and O–H groups in total. The lowest BCUT2D eigenvalue weighted by Crippen LogP contribution is -2.50. The van der Waals surface area contributed by atoms with E-state index in [4.69, 9.17) is 16.6 Å². The molecule has 0 spiro atoms. The van der Waals surface area contributed by atoms with E-state index in [2.05, 4.69) is 0 Å². The molecule has 7 heteroatoms. The number of likely N-dealkylation sites (tertiary alicyclic amines) is 1. The number of primary amides is 1. The Hall–Kier alpha value is -1.63. The Kier molecular flexibility index (Phi) is 5.94. The number of piperidine rings is 1. The Balaban J connectivity index is 2.57. The Labute approximate surface area is 118 Å². The van der Waals surface area contributed by atoms with E-state index in [9.17, 15) is 14.4 Å². The molecule has 3 unspecified atom stereocenters. The minimum Gasteiger partial charge on any atom is -0.481 e. The van der Waals surface area contributed by atoms with Crippen LogP contribution in [0.15, 0.2) is 0 Å². The summed E-state index contributed by atoms with van der Waals surface area (Å²) in [7, 11) is 0. The monoisotopic (exact) mass is 285 g/mol. The van der Waals surface area contributed by atoms with Gasteiger partial charge in [0.1, 0.15) is 0 Å². The fraction of sp³-hybridized carbons (Fsp3) is 0.769. The van der Waals surface area contributed by atoms with Gasteiger partial charge in [-0.2, -0.15) is 0 Å². The molecule has 0 aliphatic carbocycles. The molecule has 1 rings (SSSR count). The van der Waals surface area contributed by atoms with Crippen molar-refractivity contribution in [2.45, 2.75) is 38.6 Å². The molecule has 1 fully saturated rings. The van der Waals surface area contributed by atoms with Crippen molar-refractivity contribution in [1.82, 2.24) is 4.90 Å². The molecular weight excluding hydrogens is 262 g/mol. The number of carbonyl (C=O) groups excluding carboxylic acids is 2. The highest BCUT2D eigenvalue weighted by atomic mass is 16.4. The SMILES string of the molecule is CC(CC(=O)O)C1CCCN(C(=O)C(N)CC(N)=O)C1. The predicted molar refractivity (Wildman–Crippen MR) is 72.5 cm³/mol. The van der Waals surface area contributed by atoms with Crippen LogP contribution in [-0.2, 0) is 14.4 Å². The third kappa shape index (κ3) is 4.80. The highest BCUT2D eigenvalue weighted by Crippen LogP contribution is 2.26. The lowest BCUT2D eigenvalue weighted by molar-refractivity contribution is -0.139. The number of aliphatic carboxylic acids is 1. The number of carboxylic acid groups (broad SMARTS) is 1. The molecule has 1 saturated heterocycles. The maximum Gasteiger partial charge on any atom is 0.303 e. The molecule has 0 radical (unpaired) electrons. The number of nitrogens with two attached hydrogens (primary N) is 2. The number of amides is 2. The van der Waals surface area contributed by atoms with Crippen LogP contribution >= 0.6 is 0 Å². The number of carbonyl (C=O) groups is 3. The van der Waals surface area contributed by atoms with Crippen LogP contribution in [0, 0.1) is 11.8 Å². The topological polar surface area (TPSA) is 127 Å². The van der Waals surface area contributed by atoms with E-state index in [1.807, 2.05) is 6.92 Å². The molecule has 1 heterocycles. The molecule has 0 aromatic carbocycles. The van der Waals surface area contributed by atoms with Gasteiger partial charge in [0.2, 0.25) is 11.8 Å². The van der Waals surface area contributed by atoms with Crippen molar-refractivity contribution in [1.29, 1.82) is 0 Å². The molecule has 2 amide bonds. The van der Waals surface area contributed by atoms with Crippen LogP contribution in [0.2, 0.25) is 0 Å². The van der Waals surface area contributed by atoms with Gasteiger partial charge >= 0.3 is 5.97 Å². The number of carboxylic acids is 1. The fourth-order valence-corrected chi connectivity index (χ4v) is 2.66. The van der Waals surface area contributed by atoms with Crippen molar-refractivity contribution in [3.8, 4) is 0 Å². The van der Waals surface area contributed by atoms with Crippen LogP contribution in [0.3, 0.4) is 0 Å². The normalized spacial score (nSPS) is 22.1. The van der Waals surface area contributed by atoms with Gasteiger partial charge in [0.15, 0.2) is 0 Å². The first-order chi connectivity index (χ1) is 9.31. The zero-order chi connectivity index (χ0) is 15.3. The number of hydrogen-bond donors (Lipinski definition) is 3. The van der Waals surface area contributed by atoms with E-state index in [1.54, 1.807) is 4.90 Å². The maximum absolute atomic E-state index is 12.1. The fourth-order valence-electron chi connectivity index (χ4n) is 2.66. The molecule has 0 bridgehead atoms. The van der Waals surface area contributed by atoms with Gasteiger partial charge in [-0.05, 0) is 24.7 Å². The van der Waals surface area contributed by atoms with Crippen molar-refractivity contribution in [3.63, 3.8) is 0 Å². The van der Waals surface area contributed by atoms with E-state index >= 15 is 0 Å². The molecule has 0 aromatic rings. The van der Waals surface area contributed by atoms with E-state index in [1.165, 1.54) is 0 Å². The summed E-state index contributed by atoms with van der Waals surface area (Å²) in [5.74, 6) is -1.54. The first-order valence-electron chi connectivity index (χ1n) is 6.85. The summed E-state index contributed by atoms with van der Waals surface area (Å²) in [6, 6.07) is -0.902. The first kappa shape index (κ1) is 16.4. The highest BCUT2D eigenvalue weighted by Gasteiger charge is 2.30. The van der Waals surface area contributed by atoms with Crippen LogP contribution in [0.1, 0.15) is 32.6 Å². The summed E-state index contributed by atoms with van der Waals surface area (Å²) in [5.41, 5.74) is 10.7. The largest absolute Gasteiger partial charge is 0.481 e. The maximum atomic E-state index is 12.1. The third-order valence-electron chi connectivity index (χ3n) is 3.81. The van der Waals surface area contributed by atoms with Crippen LogP contribution in [0.25, 0.3) is 0 Å². The molecule has 0 saturated carbocycles. The van der Waals surface area contributed by atoms with Crippen molar-refractivity contribution in [2.75, 3.05) is 13.1 Å². The van der Waals surface area contributed by atoms with Crippen molar-refractivity contribution in [2.24, 2.45) is 23.3 Å². The predicted octanol–water partition coefficient (Wildman–Crippen LogP) is -0.461. The van der Waals surface area contributed by atoms with Gasteiger partial charge in [-0.15, -0.1) is 0 Å². The van der Waals surface area contributed by atoms with Gasteiger partial charge in [-0.1, -0.05) is 6.92 Å². The van der Waals surface area contributed by atoms with E-state index in [-0.39, 0.29) is 30.6 Å². The van der Waals surface area contributed by atoms with Crippen LogP contribution in [0.5, 0.6) is 0 Å². The average molecular weight is 285 g/mol. The molecular formula is C13H23N3O4. The zero-order valence-corrected chi connectivity index (χ0v) is 11.7. The molecule has 114 valence electrons. The van der Waals surface area contributed by atoms with Gasteiger partial charge in [0, 0.05) is 19.5 Å². The summed E-state index contributed by atoms with van der Waals surface area (Å²) in [6.07, 6.45) is 1.66. The second-order valence-corrected chi connectivity index (χ2v) is 5.54. The first-order valence-corrected chi connectivity index (χ1v) is 6.85. The Bertz CT molecular complexity index is 386. The van der Waals surface area contributed by atoms with Crippen LogP contribution in [0.4, 0.5) is 0 Å². The van der Waals surface area contributed by atoms with Gasteiger partial charge in [-0.25, -0.2) is 0 Å². The van der Waals surface area contributed by atoms with Crippen molar-refractivity contribution >= 4 is 17.8 Å². The molecule has 1 aliphatic heterocycles.